The van der Waals surface area contributed by atoms with Crippen molar-refractivity contribution in [3.63, 3.8) is 0 Å². The lowest BCUT2D eigenvalue weighted by atomic mass is 10.3. The van der Waals surface area contributed by atoms with E-state index in [1.165, 1.54) is 12.3 Å². The van der Waals surface area contributed by atoms with E-state index in [9.17, 15) is 4.79 Å². The predicted molar refractivity (Wildman–Crippen MR) is 38.3 cm³/mol. The standard InChI is InChI=1S/C6H5BrO3/c7-2-4-1-5(6(8)9)10-3-4/h1,3H,2H2,(H,8,9). The number of alkyl halides is 1. The Morgan fingerprint density at radius 3 is 2.80 bits per heavy atom. The maximum absolute atomic E-state index is 10.2. The minimum Gasteiger partial charge on any atom is -0.475 e. The second-order valence-electron chi connectivity index (χ2n) is 1.76. The first-order chi connectivity index (χ1) is 4.74. The number of carbonyl (C=O) groups is 1. The van der Waals surface area contributed by atoms with Crippen LogP contribution in [0.1, 0.15) is 16.1 Å². The third-order valence-corrected chi connectivity index (χ3v) is 1.67. The smallest absolute Gasteiger partial charge is 0.371 e. The van der Waals surface area contributed by atoms with Crippen molar-refractivity contribution in [1.29, 1.82) is 0 Å². The molecule has 1 aromatic heterocycles. The van der Waals surface area contributed by atoms with E-state index in [1.54, 1.807) is 0 Å². The predicted octanol–water partition coefficient (Wildman–Crippen LogP) is 1.87. The molecule has 1 rings (SSSR count). The molecule has 1 N–H and O–H groups in total. The van der Waals surface area contributed by atoms with Crippen molar-refractivity contribution in [2.45, 2.75) is 5.33 Å². The van der Waals surface area contributed by atoms with E-state index in [4.69, 9.17) is 5.11 Å². The highest BCUT2D eigenvalue weighted by molar-refractivity contribution is 9.08. The molecule has 0 saturated carbocycles. The average Bonchev–Trinajstić information content (AvgIpc) is 2.34. The van der Waals surface area contributed by atoms with E-state index in [0.717, 1.165) is 5.56 Å². The van der Waals surface area contributed by atoms with Crippen LogP contribution in [-0.4, -0.2) is 11.1 Å². The van der Waals surface area contributed by atoms with Gasteiger partial charge in [0.15, 0.2) is 0 Å². The Bertz CT molecular complexity index is 241. The Morgan fingerprint density at radius 2 is 2.50 bits per heavy atom. The molecule has 0 radical (unpaired) electrons. The molecule has 0 fully saturated rings. The van der Waals surface area contributed by atoms with Crippen LogP contribution in [0.25, 0.3) is 0 Å². The Morgan fingerprint density at radius 1 is 1.80 bits per heavy atom. The molecule has 0 aliphatic rings. The number of hydrogen-bond acceptors (Lipinski definition) is 2. The fourth-order valence-corrected chi connectivity index (χ4v) is 0.852. The van der Waals surface area contributed by atoms with Gasteiger partial charge in [-0.3, -0.25) is 0 Å². The van der Waals surface area contributed by atoms with Crippen molar-refractivity contribution in [1.82, 2.24) is 0 Å². The Labute approximate surface area is 65.8 Å². The van der Waals surface area contributed by atoms with Gasteiger partial charge < -0.3 is 9.52 Å². The Balaban J connectivity index is 2.88. The Hall–Kier alpha value is -0.770. The van der Waals surface area contributed by atoms with E-state index < -0.39 is 5.97 Å². The number of rotatable bonds is 2. The first-order valence-corrected chi connectivity index (χ1v) is 3.73. The van der Waals surface area contributed by atoms with Crippen LogP contribution in [-0.2, 0) is 5.33 Å². The molecule has 0 aromatic carbocycles. The molecule has 0 amide bonds. The molecule has 1 aromatic rings. The molecule has 0 bridgehead atoms. The van der Waals surface area contributed by atoms with Crippen molar-refractivity contribution < 1.29 is 14.3 Å². The van der Waals surface area contributed by atoms with Crippen LogP contribution < -0.4 is 0 Å². The van der Waals surface area contributed by atoms with Gasteiger partial charge in [-0.15, -0.1) is 0 Å². The summed E-state index contributed by atoms with van der Waals surface area (Å²) in [4.78, 5) is 10.2. The molecule has 0 aliphatic carbocycles. The summed E-state index contributed by atoms with van der Waals surface area (Å²) < 4.78 is 4.69. The molecule has 0 saturated heterocycles. The number of carboxylic acids is 1. The topological polar surface area (TPSA) is 50.4 Å². The first kappa shape index (κ1) is 7.34. The van der Waals surface area contributed by atoms with E-state index in [-0.39, 0.29) is 5.76 Å². The molecule has 0 aliphatic heterocycles. The fourth-order valence-electron chi connectivity index (χ4n) is 0.558. The third kappa shape index (κ3) is 1.39. The maximum Gasteiger partial charge on any atom is 0.371 e. The largest absolute Gasteiger partial charge is 0.475 e. The van der Waals surface area contributed by atoms with Crippen molar-refractivity contribution in [3.8, 4) is 0 Å². The zero-order valence-corrected chi connectivity index (χ0v) is 6.59. The number of carboxylic acid groups (broad SMARTS) is 1. The number of hydrogen-bond donors (Lipinski definition) is 1. The highest BCUT2D eigenvalue weighted by atomic mass is 79.9. The third-order valence-electron chi connectivity index (χ3n) is 1.02. The maximum atomic E-state index is 10.2. The molecule has 4 heteroatoms. The van der Waals surface area contributed by atoms with Crippen LogP contribution in [0.15, 0.2) is 16.7 Å². The minimum absolute atomic E-state index is 0.0190. The van der Waals surface area contributed by atoms with Gasteiger partial charge in [0.05, 0.1) is 6.26 Å². The summed E-state index contributed by atoms with van der Waals surface area (Å²) in [5.41, 5.74) is 0.831. The molecule has 0 spiro atoms. The summed E-state index contributed by atoms with van der Waals surface area (Å²) in [7, 11) is 0. The van der Waals surface area contributed by atoms with E-state index >= 15 is 0 Å². The van der Waals surface area contributed by atoms with Gasteiger partial charge in [0, 0.05) is 10.9 Å². The van der Waals surface area contributed by atoms with Gasteiger partial charge in [0.1, 0.15) is 0 Å². The summed E-state index contributed by atoms with van der Waals surface area (Å²) in [5.74, 6) is -1.05. The SMILES string of the molecule is O=C(O)c1cc(CBr)co1. The van der Waals surface area contributed by atoms with Crippen molar-refractivity contribution in [3.05, 3.63) is 23.7 Å². The number of halogens is 1. The molecule has 3 nitrogen and oxygen atoms in total. The van der Waals surface area contributed by atoms with Gasteiger partial charge in [-0.05, 0) is 6.07 Å². The zero-order valence-electron chi connectivity index (χ0n) is 5.00. The van der Waals surface area contributed by atoms with Gasteiger partial charge in [0.2, 0.25) is 5.76 Å². The lowest BCUT2D eigenvalue weighted by Crippen LogP contribution is -1.91. The second kappa shape index (κ2) is 2.88. The van der Waals surface area contributed by atoms with Crippen LogP contribution in [0.5, 0.6) is 0 Å². The summed E-state index contributed by atoms with van der Waals surface area (Å²) in [6.07, 6.45) is 1.41. The lowest BCUT2D eigenvalue weighted by Gasteiger charge is -1.80. The monoisotopic (exact) mass is 204 g/mol. The van der Waals surface area contributed by atoms with Gasteiger partial charge in [-0.1, -0.05) is 15.9 Å². The van der Waals surface area contributed by atoms with Gasteiger partial charge >= 0.3 is 5.97 Å². The summed E-state index contributed by atoms with van der Waals surface area (Å²) in [6, 6.07) is 1.48. The summed E-state index contributed by atoms with van der Waals surface area (Å²) in [6.45, 7) is 0. The molecular weight excluding hydrogens is 200 g/mol. The van der Waals surface area contributed by atoms with Crippen molar-refractivity contribution >= 4 is 21.9 Å². The average molecular weight is 205 g/mol. The van der Waals surface area contributed by atoms with Crippen LogP contribution >= 0.6 is 15.9 Å². The van der Waals surface area contributed by atoms with Gasteiger partial charge in [0.25, 0.3) is 0 Å². The number of furan rings is 1. The van der Waals surface area contributed by atoms with Crippen LogP contribution in [0, 0.1) is 0 Å². The van der Waals surface area contributed by atoms with Gasteiger partial charge in [-0.2, -0.15) is 0 Å². The first-order valence-electron chi connectivity index (χ1n) is 2.60. The normalized spacial score (nSPS) is 9.70. The minimum atomic E-state index is -1.03. The number of aromatic carboxylic acids is 1. The second-order valence-corrected chi connectivity index (χ2v) is 2.32. The van der Waals surface area contributed by atoms with Crippen molar-refractivity contribution in [2.75, 3.05) is 0 Å². The molecule has 0 atom stereocenters. The zero-order chi connectivity index (χ0) is 7.56. The summed E-state index contributed by atoms with van der Waals surface area (Å²) >= 11 is 3.17. The summed E-state index contributed by atoms with van der Waals surface area (Å²) in [5, 5.41) is 9.00. The molecule has 54 valence electrons. The van der Waals surface area contributed by atoms with Crippen LogP contribution in [0.2, 0.25) is 0 Å². The molecular formula is C6H5BrO3. The van der Waals surface area contributed by atoms with E-state index in [0.29, 0.717) is 5.33 Å². The van der Waals surface area contributed by atoms with E-state index in [1.807, 2.05) is 0 Å². The van der Waals surface area contributed by atoms with Crippen molar-refractivity contribution in [2.24, 2.45) is 0 Å². The quantitative estimate of drug-likeness (QED) is 0.749. The van der Waals surface area contributed by atoms with E-state index in [2.05, 4.69) is 20.3 Å². The molecule has 10 heavy (non-hydrogen) atoms. The lowest BCUT2D eigenvalue weighted by molar-refractivity contribution is 0.0662. The Kier molecular flexibility index (Phi) is 2.11. The van der Waals surface area contributed by atoms with Crippen LogP contribution in [0.3, 0.4) is 0 Å². The molecule has 1 heterocycles. The van der Waals surface area contributed by atoms with Gasteiger partial charge in [-0.25, -0.2) is 4.79 Å². The fraction of sp³-hybridized carbons (Fsp3) is 0.167. The van der Waals surface area contributed by atoms with Crippen LogP contribution in [0.4, 0.5) is 0 Å². The highest BCUT2D eigenvalue weighted by Gasteiger charge is 2.06. The highest BCUT2D eigenvalue weighted by Crippen LogP contribution is 2.10. The molecule has 0 unspecified atom stereocenters.